The number of hydrogen-bond acceptors (Lipinski definition) is 6. The molecule has 2 aromatic carbocycles. The van der Waals surface area contributed by atoms with Crippen LogP contribution in [0.15, 0.2) is 30.3 Å². The predicted octanol–water partition coefficient (Wildman–Crippen LogP) is 4.87. The molecule has 0 radical (unpaired) electrons. The van der Waals surface area contributed by atoms with Gasteiger partial charge >= 0.3 is 0 Å². The molecule has 0 aliphatic rings. The van der Waals surface area contributed by atoms with Crippen LogP contribution in [0.2, 0.25) is 5.02 Å². The molecule has 0 spiro atoms. The van der Waals surface area contributed by atoms with Crippen LogP contribution in [0.5, 0.6) is 11.5 Å². The molecule has 0 bridgehead atoms. The van der Waals surface area contributed by atoms with Gasteiger partial charge in [-0.2, -0.15) is 0 Å². The number of aromatic nitrogens is 1. The van der Waals surface area contributed by atoms with Gasteiger partial charge in [-0.3, -0.25) is 9.69 Å². The Morgan fingerprint density at radius 1 is 1.10 bits per heavy atom. The van der Waals surface area contributed by atoms with Crippen molar-refractivity contribution in [1.29, 1.82) is 0 Å². The number of rotatable bonds is 8. The van der Waals surface area contributed by atoms with Crippen LogP contribution in [0.25, 0.3) is 10.2 Å². The van der Waals surface area contributed by atoms with Gasteiger partial charge < -0.3 is 14.4 Å². The Balaban J connectivity index is 2.00. The molecule has 1 amide bonds. The number of nitrogens with zero attached hydrogens (tertiary/aromatic N) is 3. The van der Waals surface area contributed by atoms with E-state index in [-0.39, 0.29) is 5.91 Å². The molecule has 0 atom stereocenters. The van der Waals surface area contributed by atoms with Gasteiger partial charge in [0.2, 0.25) is 0 Å². The van der Waals surface area contributed by atoms with E-state index in [1.165, 1.54) is 11.3 Å². The predicted molar refractivity (Wildman–Crippen MR) is 124 cm³/mol. The van der Waals surface area contributed by atoms with E-state index in [1.807, 2.05) is 33.2 Å². The van der Waals surface area contributed by atoms with Crippen LogP contribution in [0.1, 0.15) is 22.3 Å². The Kier molecular flexibility index (Phi) is 7.18. The first-order valence-corrected chi connectivity index (χ1v) is 10.8. The largest absolute Gasteiger partial charge is 0.493 e. The minimum absolute atomic E-state index is 0.127. The summed E-state index contributed by atoms with van der Waals surface area (Å²) in [5.41, 5.74) is 2.38. The lowest BCUT2D eigenvalue weighted by Gasteiger charge is -2.21. The lowest BCUT2D eigenvalue weighted by Crippen LogP contribution is -2.33. The monoisotopic (exact) mass is 447 g/mol. The molecule has 1 aromatic heterocycles. The number of anilines is 1. The summed E-state index contributed by atoms with van der Waals surface area (Å²) < 4.78 is 11.6. The second kappa shape index (κ2) is 9.64. The van der Waals surface area contributed by atoms with Crippen molar-refractivity contribution in [2.45, 2.75) is 13.3 Å². The van der Waals surface area contributed by atoms with E-state index >= 15 is 0 Å². The maximum Gasteiger partial charge on any atom is 0.260 e. The number of fused-ring (bicyclic) bond motifs is 1. The highest BCUT2D eigenvalue weighted by atomic mass is 35.5. The Bertz CT molecular complexity index is 1050. The number of carbonyl (C=O) groups is 1. The lowest BCUT2D eigenvalue weighted by molar-refractivity contribution is 0.0985. The second-order valence-electron chi connectivity index (χ2n) is 7.25. The first-order valence-electron chi connectivity index (χ1n) is 9.59. The number of amides is 1. The molecule has 0 aliphatic heterocycles. The topological polar surface area (TPSA) is 54.9 Å². The SMILES string of the molecule is COc1ccc(C(=O)N(CCCN(C)C)c2nc3c(C)cc(Cl)cc3s2)cc1OC. The zero-order chi connectivity index (χ0) is 21.8. The second-order valence-corrected chi connectivity index (χ2v) is 8.69. The van der Waals surface area contributed by atoms with Crippen molar-refractivity contribution in [2.24, 2.45) is 0 Å². The van der Waals surface area contributed by atoms with Gasteiger partial charge in [0.25, 0.3) is 5.91 Å². The summed E-state index contributed by atoms with van der Waals surface area (Å²) in [4.78, 5) is 22.1. The van der Waals surface area contributed by atoms with Gasteiger partial charge in [0.1, 0.15) is 0 Å². The van der Waals surface area contributed by atoms with Crippen LogP contribution in [-0.4, -0.2) is 57.2 Å². The average Bonchev–Trinajstić information content (AvgIpc) is 3.14. The van der Waals surface area contributed by atoms with E-state index in [2.05, 4.69) is 4.90 Å². The van der Waals surface area contributed by atoms with Crippen LogP contribution in [-0.2, 0) is 0 Å². The fraction of sp³-hybridized carbons (Fsp3) is 0.364. The minimum Gasteiger partial charge on any atom is -0.493 e. The highest BCUT2D eigenvalue weighted by molar-refractivity contribution is 7.22. The number of thiazole rings is 1. The number of hydrogen-bond donors (Lipinski definition) is 0. The zero-order valence-corrected chi connectivity index (χ0v) is 19.4. The van der Waals surface area contributed by atoms with Crippen LogP contribution >= 0.6 is 22.9 Å². The molecule has 160 valence electrons. The normalized spacial score (nSPS) is 11.2. The molecule has 8 heteroatoms. The van der Waals surface area contributed by atoms with E-state index in [0.29, 0.717) is 33.8 Å². The summed E-state index contributed by atoms with van der Waals surface area (Å²) in [6.07, 6.45) is 0.821. The van der Waals surface area contributed by atoms with E-state index in [9.17, 15) is 4.79 Å². The number of carbonyl (C=O) groups excluding carboxylic acids is 1. The van der Waals surface area contributed by atoms with E-state index < -0.39 is 0 Å². The van der Waals surface area contributed by atoms with Crippen LogP contribution < -0.4 is 14.4 Å². The summed E-state index contributed by atoms with van der Waals surface area (Å²) in [7, 11) is 7.16. The molecule has 3 rings (SSSR count). The zero-order valence-electron chi connectivity index (χ0n) is 17.9. The highest BCUT2D eigenvalue weighted by Gasteiger charge is 2.23. The summed E-state index contributed by atoms with van der Waals surface area (Å²) in [5.74, 6) is 0.972. The van der Waals surface area contributed by atoms with Crippen molar-refractivity contribution in [3.05, 3.63) is 46.5 Å². The smallest absolute Gasteiger partial charge is 0.260 e. The molecule has 3 aromatic rings. The van der Waals surface area contributed by atoms with Crippen molar-refractivity contribution in [3.63, 3.8) is 0 Å². The highest BCUT2D eigenvalue weighted by Crippen LogP contribution is 2.34. The van der Waals surface area contributed by atoms with Gasteiger partial charge in [0, 0.05) is 17.1 Å². The maximum atomic E-state index is 13.5. The number of aryl methyl sites for hydroxylation is 1. The van der Waals surface area contributed by atoms with Gasteiger partial charge in [-0.05, 0) is 69.9 Å². The maximum absolute atomic E-state index is 13.5. The van der Waals surface area contributed by atoms with Crippen LogP contribution in [0.4, 0.5) is 5.13 Å². The lowest BCUT2D eigenvalue weighted by atomic mass is 10.1. The standard InChI is InChI=1S/C22H26ClN3O3S/c1-14-11-16(23)13-19-20(14)24-22(30-19)26(10-6-9-25(2)3)21(27)15-7-8-17(28-4)18(12-15)29-5/h7-8,11-13H,6,9-10H2,1-5H3. The van der Waals surface area contributed by atoms with Gasteiger partial charge in [-0.15, -0.1) is 0 Å². The summed E-state index contributed by atoms with van der Waals surface area (Å²) in [6.45, 7) is 3.40. The first-order chi connectivity index (χ1) is 14.3. The quantitative estimate of drug-likeness (QED) is 0.493. The van der Waals surface area contributed by atoms with Gasteiger partial charge in [0.05, 0.1) is 24.4 Å². The van der Waals surface area contributed by atoms with E-state index in [1.54, 1.807) is 37.3 Å². The molecule has 0 N–H and O–H groups in total. The fourth-order valence-corrected chi connectivity index (χ4v) is 4.66. The van der Waals surface area contributed by atoms with Gasteiger partial charge in [0.15, 0.2) is 16.6 Å². The van der Waals surface area contributed by atoms with Crippen molar-refractivity contribution >= 4 is 44.2 Å². The van der Waals surface area contributed by atoms with Gasteiger partial charge in [-0.1, -0.05) is 22.9 Å². The van der Waals surface area contributed by atoms with Gasteiger partial charge in [-0.25, -0.2) is 4.98 Å². The van der Waals surface area contributed by atoms with Crippen molar-refractivity contribution < 1.29 is 14.3 Å². The van der Waals surface area contributed by atoms with E-state index in [0.717, 1.165) is 28.7 Å². The molecule has 6 nitrogen and oxygen atoms in total. The Labute approximate surface area is 186 Å². The fourth-order valence-electron chi connectivity index (χ4n) is 3.21. The number of benzene rings is 2. The Morgan fingerprint density at radius 2 is 1.83 bits per heavy atom. The molecule has 30 heavy (non-hydrogen) atoms. The van der Waals surface area contributed by atoms with E-state index in [4.69, 9.17) is 26.1 Å². The molecule has 1 heterocycles. The number of halogens is 1. The Morgan fingerprint density at radius 3 is 2.50 bits per heavy atom. The van der Waals surface area contributed by atoms with Crippen molar-refractivity contribution in [1.82, 2.24) is 9.88 Å². The molecule has 0 aliphatic carbocycles. The molecule has 0 saturated carbocycles. The molecular weight excluding hydrogens is 422 g/mol. The molecule has 0 unspecified atom stereocenters. The molecular formula is C22H26ClN3O3S. The van der Waals surface area contributed by atoms with Crippen molar-refractivity contribution in [2.75, 3.05) is 46.3 Å². The van der Waals surface area contributed by atoms with Crippen LogP contribution in [0.3, 0.4) is 0 Å². The summed E-state index contributed by atoms with van der Waals surface area (Å²) >= 11 is 7.69. The summed E-state index contributed by atoms with van der Waals surface area (Å²) in [6, 6.07) is 8.98. The number of methoxy groups -OCH3 is 2. The first kappa shape index (κ1) is 22.3. The van der Waals surface area contributed by atoms with Crippen LogP contribution in [0, 0.1) is 6.92 Å². The molecule has 0 fully saturated rings. The third-order valence-corrected chi connectivity index (χ3v) is 5.98. The third kappa shape index (κ3) is 4.86. The number of ether oxygens (including phenoxy) is 2. The van der Waals surface area contributed by atoms with Crippen molar-refractivity contribution in [3.8, 4) is 11.5 Å². The third-order valence-electron chi connectivity index (χ3n) is 4.73. The average molecular weight is 448 g/mol. The summed E-state index contributed by atoms with van der Waals surface area (Å²) in [5, 5.41) is 1.33. The Hall–Kier alpha value is -2.35. The molecule has 0 saturated heterocycles. The minimum atomic E-state index is -0.127.